The summed E-state index contributed by atoms with van der Waals surface area (Å²) in [5.74, 6) is -0.319. The second-order valence-electron chi connectivity index (χ2n) is 5.03. The zero-order chi connectivity index (χ0) is 14.8. The predicted octanol–water partition coefficient (Wildman–Crippen LogP) is 4.56. The lowest BCUT2D eigenvalue weighted by molar-refractivity contribution is -0.145. The van der Waals surface area contributed by atoms with Crippen LogP contribution in [0.5, 0.6) is 0 Å². The van der Waals surface area contributed by atoms with Gasteiger partial charge in [0, 0.05) is 14.9 Å². The molecule has 0 amide bonds. The zero-order valence-corrected chi connectivity index (χ0v) is 14.2. The Kier molecular flexibility index (Phi) is 4.40. The summed E-state index contributed by atoms with van der Waals surface area (Å²) in [4.78, 5) is 18.1. The third-order valence-electron chi connectivity index (χ3n) is 3.62. The van der Waals surface area contributed by atoms with Gasteiger partial charge in [-0.2, -0.15) is 0 Å². The first-order chi connectivity index (χ1) is 10.2. The minimum absolute atomic E-state index is 0.133. The molecule has 1 aromatic carbocycles. The SMILES string of the molecule is CCOC(=O)C1CCCc2sc(-c3ccc(Br)cc3)nc21. The average Bonchev–Trinajstić information content (AvgIpc) is 2.92. The molecule has 1 unspecified atom stereocenters. The summed E-state index contributed by atoms with van der Waals surface area (Å²) in [5, 5.41) is 0.990. The molecule has 1 atom stereocenters. The summed E-state index contributed by atoms with van der Waals surface area (Å²) in [6.07, 6.45) is 2.88. The van der Waals surface area contributed by atoms with E-state index in [1.165, 1.54) is 4.88 Å². The summed E-state index contributed by atoms with van der Waals surface area (Å²) in [6.45, 7) is 2.27. The van der Waals surface area contributed by atoms with Crippen LogP contribution in [-0.2, 0) is 16.0 Å². The fraction of sp³-hybridized carbons (Fsp3) is 0.375. The second-order valence-corrected chi connectivity index (χ2v) is 7.03. The molecule has 1 heterocycles. The lowest BCUT2D eigenvalue weighted by atomic mass is 9.91. The van der Waals surface area contributed by atoms with Crippen molar-refractivity contribution in [3.05, 3.63) is 39.3 Å². The molecule has 0 saturated carbocycles. The standard InChI is InChI=1S/C16H16BrNO2S/c1-2-20-16(19)12-4-3-5-13-14(12)18-15(21-13)10-6-8-11(17)9-7-10/h6-9,12H,2-5H2,1H3. The summed E-state index contributed by atoms with van der Waals surface area (Å²) in [6, 6.07) is 8.12. The molecule has 0 radical (unpaired) electrons. The van der Waals surface area contributed by atoms with E-state index in [-0.39, 0.29) is 11.9 Å². The smallest absolute Gasteiger partial charge is 0.315 e. The van der Waals surface area contributed by atoms with E-state index in [0.717, 1.165) is 40.0 Å². The monoisotopic (exact) mass is 365 g/mol. The second kappa shape index (κ2) is 6.28. The van der Waals surface area contributed by atoms with Gasteiger partial charge in [0.1, 0.15) is 10.9 Å². The van der Waals surface area contributed by atoms with E-state index in [1.54, 1.807) is 11.3 Å². The Morgan fingerprint density at radius 3 is 2.90 bits per heavy atom. The first-order valence-electron chi connectivity index (χ1n) is 7.11. The number of esters is 1. The van der Waals surface area contributed by atoms with Crippen molar-refractivity contribution in [1.82, 2.24) is 4.98 Å². The van der Waals surface area contributed by atoms with Crippen LogP contribution in [0.4, 0.5) is 0 Å². The van der Waals surface area contributed by atoms with E-state index in [2.05, 4.69) is 15.9 Å². The molecule has 0 saturated heterocycles. The van der Waals surface area contributed by atoms with Crippen LogP contribution in [0.15, 0.2) is 28.7 Å². The lowest BCUT2D eigenvalue weighted by Crippen LogP contribution is -2.20. The maximum atomic E-state index is 12.1. The third-order valence-corrected chi connectivity index (χ3v) is 5.33. The highest BCUT2D eigenvalue weighted by molar-refractivity contribution is 9.10. The zero-order valence-electron chi connectivity index (χ0n) is 11.8. The molecule has 1 aromatic heterocycles. The van der Waals surface area contributed by atoms with Gasteiger partial charge in [-0.15, -0.1) is 11.3 Å². The first kappa shape index (κ1) is 14.7. The van der Waals surface area contributed by atoms with Gasteiger partial charge in [0.2, 0.25) is 0 Å². The van der Waals surface area contributed by atoms with Gasteiger partial charge in [0.15, 0.2) is 0 Å². The predicted molar refractivity (Wildman–Crippen MR) is 87.6 cm³/mol. The number of hydrogen-bond acceptors (Lipinski definition) is 4. The van der Waals surface area contributed by atoms with Crippen molar-refractivity contribution in [2.24, 2.45) is 0 Å². The summed E-state index contributed by atoms with van der Waals surface area (Å²) < 4.78 is 6.24. The largest absolute Gasteiger partial charge is 0.465 e. The van der Waals surface area contributed by atoms with Crippen molar-refractivity contribution in [1.29, 1.82) is 0 Å². The number of rotatable bonds is 3. The van der Waals surface area contributed by atoms with Gasteiger partial charge in [-0.1, -0.05) is 28.1 Å². The van der Waals surface area contributed by atoms with Gasteiger partial charge in [-0.05, 0) is 38.3 Å². The summed E-state index contributed by atoms with van der Waals surface area (Å²) in [5.41, 5.74) is 2.03. The van der Waals surface area contributed by atoms with Gasteiger partial charge in [-0.25, -0.2) is 4.98 Å². The van der Waals surface area contributed by atoms with E-state index in [9.17, 15) is 4.79 Å². The lowest BCUT2D eigenvalue weighted by Gasteiger charge is -2.19. The Balaban J connectivity index is 1.94. The van der Waals surface area contributed by atoms with Crippen molar-refractivity contribution in [3.63, 3.8) is 0 Å². The Morgan fingerprint density at radius 2 is 2.19 bits per heavy atom. The number of halogens is 1. The molecule has 1 aliphatic rings. The van der Waals surface area contributed by atoms with Crippen molar-refractivity contribution < 1.29 is 9.53 Å². The van der Waals surface area contributed by atoms with Crippen LogP contribution in [0.25, 0.3) is 10.6 Å². The molecule has 1 aliphatic carbocycles. The maximum absolute atomic E-state index is 12.1. The number of ether oxygens (including phenoxy) is 1. The van der Waals surface area contributed by atoms with Crippen molar-refractivity contribution in [3.8, 4) is 10.6 Å². The van der Waals surface area contributed by atoms with Crippen LogP contribution >= 0.6 is 27.3 Å². The topological polar surface area (TPSA) is 39.2 Å². The van der Waals surface area contributed by atoms with Crippen LogP contribution in [0, 0.1) is 0 Å². The van der Waals surface area contributed by atoms with Gasteiger partial charge in [0.05, 0.1) is 12.3 Å². The number of carbonyl (C=O) groups excluding carboxylic acids is 1. The highest BCUT2D eigenvalue weighted by atomic mass is 79.9. The normalized spacial score (nSPS) is 17.3. The average molecular weight is 366 g/mol. The molecular weight excluding hydrogens is 350 g/mol. The molecule has 0 N–H and O–H groups in total. The highest BCUT2D eigenvalue weighted by Gasteiger charge is 2.31. The molecule has 110 valence electrons. The molecule has 0 aliphatic heterocycles. The van der Waals surface area contributed by atoms with Gasteiger partial charge in [-0.3, -0.25) is 4.79 Å². The summed E-state index contributed by atoms with van der Waals surface area (Å²) >= 11 is 5.14. The first-order valence-corrected chi connectivity index (χ1v) is 8.72. The number of aromatic nitrogens is 1. The number of fused-ring (bicyclic) bond motifs is 1. The molecular formula is C16H16BrNO2S. The number of hydrogen-bond donors (Lipinski definition) is 0. The van der Waals surface area contributed by atoms with Gasteiger partial charge >= 0.3 is 5.97 Å². The Bertz CT molecular complexity index is 651. The molecule has 3 nitrogen and oxygen atoms in total. The van der Waals surface area contributed by atoms with Crippen LogP contribution < -0.4 is 0 Å². The molecule has 2 aromatic rings. The van der Waals surface area contributed by atoms with Gasteiger partial charge in [0.25, 0.3) is 0 Å². The number of benzene rings is 1. The maximum Gasteiger partial charge on any atom is 0.315 e. The number of carbonyl (C=O) groups is 1. The van der Waals surface area contributed by atoms with E-state index in [1.807, 2.05) is 31.2 Å². The minimum atomic E-state index is -0.186. The quantitative estimate of drug-likeness (QED) is 0.748. The molecule has 0 fully saturated rings. The van der Waals surface area contributed by atoms with E-state index in [4.69, 9.17) is 9.72 Å². The molecule has 0 spiro atoms. The highest BCUT2D eigenvalue weighted by Crippen LogP contribution is 2.38. The third kappa shape index (κ3) is 3.04. The molecule has 0 bridgehead atoms. The Morgan fingerprint density at radius 1 is 1.43 bits per heavy atom. The van der Waals surface area contributed by atoms with E-state index < -0.39 is 0 Å². The fourth-order valence-electron chi connectivity index (χ4n) is 2.61. The van der Waals surface area contributed by atoms with Crippen molar-refractivity contribution in [2.45, 2.75) is 32.1 Å². The van der Waals surface area contributed by atoms with Crippen LogP contribution in [0.3, 0.4) is 0 Å². The Labute approximate surface area is 136 Å². The molecule has 3 rings (SSSR count). The van der Waals surface area contributed by atoms with E-state index >= 15 is 0 Å². The molecule has 5 heteroatoms. The van der Waals surface area contributed by atoms with Crippen LogP contribution in [-0.4, -0.2) is 17.6 Å². The van der Waals surface area contributed by atoms with E-state index in [0.29, 0.717) is 6.61 Å². The van der Waals surface area contributed by atoms with Crippen molar-refractivity contribution >= 4 is 33.2 Å². The number of aryl methyl sites for hydroxylation is 1. The Hall–Kier alpha value is -1.20. The minimum Gasteiger partial charge on any atom is -0.465 e. The van der Waals surface area contributed by atoms with Crippen molar-refractivity contribution in [2.75, 3.05) is 6.61 Å². The van der Waals surface area contributed by atoms with Gasteiger partial charge < -0.3 is 4.74 Å². The molecule has 21 heavy (non-hydrogen) atoms. The van der Waals surface area contributed by atoms with Crippen LogP contribution in [0.2, 0.25) is 0 Å². The summed E-state index contributed by atoms with van der Waals surface area (Å²) in [7, 11) is 0. The number of thiazole rings is 1. The fourth-order valence-corrected chi connectivity index (χ4v) is 4.04. The van der Waals surface area contributed by atoms with Crippen LogP contribution in [0.1, 0.15) is 36.3 Å². The number of nitrogens with zero attached hydrogens (tertiary/aromatic N) is 1.